The van der Waals surface area contributed by atoms with Crippen molar-refractivity contribution in [1.29, 1.82) is 0 Å². The van der Waals surface area contributed by atoms with Crippen LogP contribution < -0.4 is 33.7 Å². The van der Waals surface area contributed by atoms with Crippen molar-refractivity contribution in [3.05, 3.63) is 29.8 Å². The number of rotatable bonds is 3. The molecule has 0 radical (unpaired) electrons. The summed E-state index contributed by atoms with van der Waals surface area (Å²) in [5.74, 6) is 0.176. The molecule has 0 heterocycles. The topological polar surface area (TPSA) is 60.4 Å². The molecule has 4 nitrogen and oxygen atoms in total. The van der Waals surface area contributed by atoms with E-state index in [9.17, 15) is 13.2 Å². The van der Waals surface area contributed by atoms with Crippen molar-refractivity contribution >= 4 is 15.7 Å². The summed E-state index contributed by atoms with van der Waals surface area (Å²) in [6, 6.07) is 6.55. The molecule has 0 amide bonds. The van der Waals surface area contributed by atoms with Crippen LogP contribution in [-0.4, -0.2) is 14.0 Å². The Labute approximate surface area is 106 Å². The van der Waals surface area contributed by atoms with E-state index in [1.54, 1.807) is 25.1 Å². The summed E-state index contributed by atoms with van der Waals surface area (Å²) in [6.45, 7) is 1.69. The van der Waals surface area contributed by atoms with Gasteiger partial charge < -0.3 is 5.61 Å². The molecule has 0 aliphatic carbocycles. The van der Waals surface area contributed by atoms with Crippen LogP contribution in [0.5, 0.6) is 5.75 Å². The van der Waals surface area contributed by atoms with Crippen LogP contribution in [0.2, 0.25) is 0 Å². The van der Waals surface area contributed by atoms with Gasteiger partial charge in [0.1, 0.15) is 5.75 Å². The van der Waals surface area contributed by atoms with Crippen molar-refractivity contribution < 1.29 is 48.4 Å². The largest absolute Gasteiger partial charge is 1.00 e. The first kappa shape index (κ1) is 13.6. The zero-order chi connectivity index (χ0) is 9.90. The van der Waals surface area contributed by atoms with Crippen LogP contribution in [0.1, 0.15) is 6.99 Å². The molecule has 0 atom stereocenters. The average molecular weight is 224 g/mol. The molecule has 1 rings (SSSR count). The van der Waals surface area contributed by atoms with Gasteiger partial charge in [0.2, 0.25) is 0 Å². The van der Waals surface area contributed by atoms with Crippen LogP contribution in [0.15, 0.2) is 24.3 Å². The minimum absolute atomic E-state index is 0. The normalized spacial score (nSPS) is 10.1. The van der Waals surface area contributed by atoms with Crippen molar-refractivity contribution in [3.8, 4) is 5.75 Å². The monoisotopic (exact) mass is 224 g/mol. The molecule has 0 aliphatic heterocycles. The number of aryl methyl sites for hydroxylation is 1. The summed E-state index contributed by atoms with van der Waals surface area (Å²) in [5.41, 5.74) is 0.437. The molecular formula is C8H9NaO4S. The van der Waals surface area contributed by atoms with E-state index in [-0.39, 0.29) is 42.4 Å². The SMILES string of the molecule is Cc1ccccc1OS(=O)(=O)C=O.[H-].[Na+]. The Morgan fingerprint density at radius 2 is 1.93 bits per heavy atom. The van der Waals surface area contributed by atoms with E-state index >= 15 is 0 Å². The molecule has 0 bridgehead atoms. The summed E-state index contributed by atoms with van der Waals surface area (Å²) in [6.07, 6.45) is 0. The number of benzene rings is 1. The summed E-state index contributed by atoms with van der Waals surface area (Å²) in [4.78, 5) is 10.0. The van der Waals surface area contributed by atoms with Gasteiger partial charge in [-0.25, -0.2) is 0 Å². The molecule has 6 heteroatoms. The molecule has 1 aromatic carbocycles. The van der Waals surface area contributed by atoms with Crippen LogP contribution in [0, 0.1) is 6.92 Å². The minimum atomic E-state index is -4.08. The predicted octanol–water partition coefficient (Wildman–Crippen LogP) is -1.99. The maximum atomic E-state index is 10.7. The molecule has 0 saturated carbocycles. The van der Waals surface area contributed by atoms with Gasteiger partial charge in [-0.1, -0.05) is 18.2 Å². The third kappa shape index (κ3) is 3.79. The molecular weight excluding hydrogens is 215 g/mol. The fourth-order valence-electron chi connectivity index (χ4n) is 0.795. The number of para-hydroxylation sites is 1. The van der Waals surface area contributed by atoms with Gasteiger partial charge in [0, 0.05) is 0 Å². The molecule has 0 saturated heterocycles. The van der Waals surface area contributed by atoms with Crippen LogP contribution in [0.4, 0.5) is 0 Å². The molecule has 14 heavy (non-hydrogen) atoms. The first-order valence-electron chi connectivity index (χ1n) is 3.50. The minimum Gasteiger partial charge on any atom is -1.00 e. The van der Waals surface area contributed by atoms with E-state index in [0.29, 0.717) is 5.56 Å². The Morgan fingerprint density at radius 1 is 1.36 bits per heavy atom. The maximum Gasteiger partial charge on any atom is 1.00 e. The summed E-state index contributed by atoms with van der Waals surface area (Å²) >= 11 is 0. The quantitative estimate of drug-likeness (QED) is 0.339. The number of hydrogen-bond acceptors (Lipinski definition) is 4. The van der Waals surface area contributed by atoms with E-state index in [4.69, 9.17) is 0 Å². The number of carbonyl (C=O) groups excluding carboxylic acids is 1. The van der Waals surface area contributed by atoms with Crippen LogP contribution in [0.3, 0.4) is 0 Å². The van der Waals surface area contributed by atoms with E-state index in [1.165, 1.54) is 6.07 Å². The van der Waals surface area contributed by atoms with Gasteiger partial charge in [0.05, 0.1) is 0 Å². The standard InChI is InChI=1S/C8H8O4S.Na.H/c1-7-4-2-3-5-8(7)12-13(10,11)6-9;;/h2-6H,1H3;;/q;+1;-1. The second kappa shape index (κ2) is 5.50. The van der Waals surface area contributed by atoms with Crippen LogP contribution >= 0.6 is 0 Å². The van der Waals surface area contributed by atoms with Crippen LogP contribution in [-0.2, 0) is 14.9 Å². The average Bonchev–Trinajstić information content (AvgIpc) is 2.09. The Kier molecular flexibility index (Phi) is 5.36. The Bertz CT molecular complexity index is 418. The molecule has 0 unspecified atom stereocenters. The van der Waals surface area contributed by atoms with Crippen molar-refractivity contribution in [2.24, 2.45) is 0 Å². The molecule has 0 N–H and O–H groups in total. The van der Waals surface area contributed by atoms with Gasteiger partial charge in [-0.2, -0.15) is 8.42 Å². The summed E-state index contributed by atoms with van der Waals surface area (Å²) in [5, 5.41) is 0. The third-order valence-corrected chi connectivity index (χ3v) is 2.06. The zero-order valence-corrected chi connectivity index (χ0v) is 10.7. The maximum absolute atomic E-state index is 10.7. The van der Waals surface area contributed by atoms with Crippen molar-refractivity contribution in [1.82, 2.24) is 0 Å². The van der Waals surface area contributed by atoms with Gasteiger partial charge in [-0.3, -0.25) is 4.79 Å². The smallest absolute Gasteiger partial charge is 1.00 e. The van der Waals surface area contributed by atoms with Gasteiger partial charge in [0.15, 0.2) is 0 Å². The first-order valence-corrected chi connectivity index (χ1v) is 4.97. The van der Waals surface area contributed by atoms with Gasteiger partial charge >= 0.3 is 39.7 Å². The molecule has 0 aliphatic rings. The predicted molar refractivity (Wildman–Crippen MR) is 48.6 cm³/mol. The summed E-state index contributed by atoms with van der Waals surface area (Å²) < 4.78 is 25.9. The molecule has 72 valence electrons. The Hall–Kier alpha value is -0.360. The van der Waals surface area contributed by atoms with E-state index < -0.39 is 10.1 Å². The first-order chi connectivity index (χ1) is 6.05. The summed E-state index contributed by atoms with van der Waals surface area (Å²) in [7, 11) is -4.08. The van der Waals surface area contributed by atoms with E-state index in [2.05, 4.69) is 4.18 Å². The molecule has 0 fully saturated rings. The van der Waals surface area contributed by atoms with E-state index in [0.717, 1.165) is 0 Å². The van der Waals surface area contributed by atoms with Gasteiger partial charge in [-0.05, 0) is 18.6 Å². The molecule has 1 aromatic rings. The van der Waals surface area contributed by atoms with Crippen molar-refractivity contribution in [3.63, 3.8) is 0 Å². The molecule has 0 aromatic heterocycles. The van der Waals surface area contributed by atoms with Crippen molar-refractivity contribution in [2.75, 3.05) is 0 Å². The number of carbonyl (C=O) groups is 1. The zero-order valence-electron chi connectivity index (χ0n) is 8.93. The second-order valence-corrected chi connectivity index (χ2v) is 3.78. The third-order valence-electron chi connectivity index (χ3n) is 1.42. The van der Waals surface area contributed by atoms with Crippen LogP contribution in [0.25, 0.3) is 0 Å². The van der Waals surface area contributed by atoms with Gasteiger partial charge in [-0.15, -0.1) is 0 Å². The van der Waals surface area contributed by atoms with E-state index in [1.807, 2.05) is 0 Å². The fourth-order valence-corrected chi connectivity index (χ4v) is 1.27. The van der Waals surface area contributed by atoms with Gasteiger partial charge in [0.25, 0.3) is 5.62 Å². The number of hydrogen-bond donors (Lipinski definition) is 0. The van der Waals surface area contributed by atoms with Crippen molar-refractivity contribution in [2.45, 2.75) is 6.92 Å². The Balaban J connectivity index is 0. The fraction of sp³-hybridized carbons (Fsp3) is 0.125. The second-order valence-electron chi connectivity index (χ2n) is 2.44. The molecule has 0 spiro atoms. The Morgan fingerprint density at radius 3 is 2.43 bits per heavy atom.